The van der Waals surface area contributed by atoms with Gasteiger partial charge in [-0.05, 0) is 47.6 Å². The number of aliphatic imine (C=N–C) groups is 1. The van der Waals surface area contributed by atoms with Crippen LogP contribution in [0, 0.1) is 0 Å². The number of nitrogens with zero attached hydrogens (tertiary/aromatic N) is 2. The second kappa shape index (κ2) is 4.58. The molecular weight excluding hydrogens is 260 g/mol. The number of nitrogens with one attached hydrogen (secondary N) is 1. The van der Waals surface area contributed by atoms with Crippen molar-refractivity contribution >= 4 is 5.96 Å². The number of fused-ring (bicyclic) bond motifs is 1. The summed E-state index contributed by atoms with van der Waals surface area (Å²) in [5.41, 5.74) is 11.1. The molecule has 1 unspecified atom stereocenters. The maximum atomic E-state index is 5.79. The van der Waals surface area contributed by atoms with Gasteiger partial charge in [-0.2, -0.15) is 0 Å². The predicted molar refractivity (Wildman–Crippen MR) is 84.1 cm³/mol. The molecule has 0 bridgehead atoms. The summed E-state index contributed by atoms with van der Waals surface area (Å²) in [4.78, 5) is 8.53. The zero-order valence-corrected chi connectivity index (χ0v) is 11.8. The lowest BCUT2D eigenvalue weighted by Crippen LogP contribution is -2.51. The van der Waals surface area contributed by atoms with Gasteiger partial charge in [0.15, 0.2) is 5.96 Å². The lowest BCUT2D eigenvalue weighted by molar-refractivity contribution is 0.361. The Morgan fingerprint density at radius 2 is 2.10 bits per heavy atom. The standard InChI is InChI=1S/C17H18N4/c18-16-20-11-17(21-16)6-5-13-8-12(3-4-14(13)9-17)15-2-1-7-19-10-15/h1-4,7-8,10H,5-6,9,11H2,(H3,18,20,21). The van der Waals surface area contributed by atoms with Gasteiger partial charge in [0.2, 0.25) is 0 Å². The summed E-state index contributed by atoms with van der Waals surface area (Å²) in [5.74, 6) is 0.588. The molecule has 1 aliphatic carbocycles. The molecule has 1 aliphatic heterocycles. The van der Waals surface area contributed by atoms with Crippen LogP contribution >= 0.6 is 0 Å². The van der Waals surface area contributed by atoms with E-state index in [0.29, 0.717) is 5.96 Å². The summed E-state index contributed by atoms with van der Waals surface area (Å²) < 4.78 is 0. The van der Waals surface area contributed by atoms with Crippen LogP contribution in [0.2, 0.25) is 0 Å². The average Bonchev–Trinajstić information content (AvgIpc) is 2.88. The molecule has 1 atom stereocenters. The number of hydrogen-bond donors (Lipinski definition) is 2. The van der Waals surface area contributed by atoms with Gasteiger partial charge < -0.3 is 11.1 Å². The van der Waals surface area contributed by atoms with Gasteiger partial charge in [0.05, 0.1) is 12.1 Å². The second-order valence-electron chi connectivity index (χ2n) is 6.01. The summed E-state index contributed by atoms with van der Waals surface area (Å²) in [7, 11) is 0. The monoisotopic (exact) mass is 278 g/mol. The van der Waals surface area contributed by atoms with Crippen molar-refractivity contribution in [3.8, 4) is 11.1 Å². The number of pyridine rings is 1. The number of rotatable bonds is 1. The summed E-state index contributed by atoms with van der Waals surface area (Å²) in [6.07, 6.45) is 6.88. The topological polar surface area (TPSA) is 63.3 Å². The van der Waals surface area contributed by atoms with Crippen LogP contribution in [0.3, 0.4) is 0 Å². The van der Waals surface area contributed by atoms with Gasteiger partial charge in [-0.25, -0.2) is 0 Å². The van der Waals surface area contributed by atoms with Gasteiger partial charge >= 0.3 is 0 Å². The van der Waals surface area contributed by atoms with Crippen LogP contribution in [0.15, 0.2) is 47.7 Å². The molecular formula is C17H18N4. The van der Waals surface area contributed by atoms with Crippen molar-refractivity contribution in [2.75, 3.05) is 6.54 Å². The molecule has 3 N–H and O–H groups in total. The van der Waals surface area contributed by atoms with E-state index in [1.165, 1.54) is 22.3 Å². The van der Waals surface area contributed by atoms with Crippen LogP contribution in [-0.4, -0.2) is 23.0 Å². The highest BCUT2D eigenvalue weighted by Crippen LogP contribution is 2.33. The van der Waals surface area contributed by atoms with Crippen LogP contribution < -0.4 is 11.1 Å². The smallest absolute Gasteiger partial charge is 0.189 e. The Kier molecular flexibility index (Phi) is 2.70. The van der Waals surface area contributed by atoms with Crippen LogP contribution in [0.25, 0.3) is 11.1 Å². The van der Waals surface area contributed by atoms with Crippen LogP contribution in [0.1, 0.15) is 17.5 Å². The predicted octanol–water partition coefficient (Wildman–Crippen LogP) is 1.89. The van der Waals surface area contributed by atoms with E-state index in [2.05, 4.69) is 39.6 Å². The van der Waals surface area contributed by atoms with Crippen molar-refractivity contribution in [2.45, 2.75) is 24.8 Å². The van der Waals surface area contributed by atoms with Gasteiger partial charge in [0.25, 0.3) is 0 Å². The fourth-order valence-corrected chi connectivity index (χ4v) is 3.40. The first-order valence-corrected chi connectivity index (χ1v) is 7.34. The summed E-state index contributed by atoms with van der Waals surface area (Å²) >= 11 is 0. The van der Waals surface area contributed by atoms with Gasteiger partial charge in [-0.1, -0.05) is 24.3 Å². The van der Waals surface area contributed by atoms with Crippen LogP contribution in [0.4, 0.5) is 0 Å². The molecule has 0 radical (unpaired) electrons. The molecule has 2 aliphatic rings. The molecule has 106 valence electrons. The highest BCUT2D eigenvalue weighted by molar-refractivity contribution is 5.81. The largest absolute Gasteiger partial charge is 0.370 e. The molecule has 0 fully saturated rings. The maximum absolute atomic E-state index is 5.79. The number of guanidine groups is 1. The number of benzene rings is 1. The average molecular weight is 278 g/mol. The number of aromatic nitrogens is 1. The Morgan fingerprint density at radius 3 is 2.86 bits per heavy atom. The van der Waals surface area contributed by atoms with E-state index >= 15 is 0 Å². The lowest BCUT2D eigenvalue weighted by Gasteiger charge is -2.34. The first kappa shape index (κ1) is 12.4. The molecule has 0 amide bonds. The summed E-state index contributed by atoms with van der Waals surface area (Å²) in [6, 6.07) is 10.8. The second-order valence-corrected chi connectivity index (χ2v) is 6.01. The van der Waals surface area contributed by atoms with Crippen molar-refractivity contribution < 1.29 is 0 Å². The zero-order chi connectivity index (χ0) is 14.3. The third-order valence-electron chi connectivity index (χ3n) is 4.55. The quantitative estimate of drug-likeness (QED) is 0.837. The van der Waals surface area contributed by atoms with Crippen LogP contribution in [-0.2, 0) is 12.8 Å². The van der Waals surface area contributed by atoms with Crippen molar-refractivity contribution in [3.63, 3.8) is 0 Å². The van der Waals surface area contributed by atoms with Gasteiger partial charge in [-0.15, -0.1) is 0 Å². The molecule has 1 aromatic carbocycles. The maximum Gasteiger partial charge on any atom is 0.189 e. The molecule has 4 rings (SSSR count). The van der Waals surface area contributed by atoms with Gasteiger partial charge in [-0.3, -0.25) is 9.98 Å². The first-order valence-electron chi connectivity index (χ1n) is 7.34. The van der Waals surface area contributed by atoms with Crippen LogP contribution in [0.5, 0.6) is 0 Å². The van der Waals surface area contributed by atoms with E-state index in [4.69, 9.17) is 5.73 Å². The molecule has 4 nitrogen and oxygen atoms in total. The van der Waals surface area contributed by atoms with Crippen molar-refractivity contribution in [3.05, 3.63) is 53.9 Å². The van der Waals surface area contributed by atoms with E-state index in [0.717, 1.165) is 25.8 Å². The highest BCUT2D eigenvalue weighted by atomic mass is 15.2. The fourth-order valence-electron chi connectivity index (χ4n) is 3.40. The number of aryl methyl sites for hydroxylation is 1. The van der Waals surface area contributed by atoms with Crippen molar-refractivity contribution in [1.29, 1.82) is 0 Å². The van der Waals surface area contributed by atoms with Crippen molar-refractivity contribution in [2.24, 2.45) is 10.7 Å². The Morgan fingerprint density at radius 1 is 1.14 bits per heavy atom. The lowest BCUT2D eigenvalue weighted by atomic mass is 9.77. The molecule has 1 aromatic heterocycles. The van der Waals surface area contributed by atoms with E-state index in [1.807, 2.05) is 18.5 Å². The Balaban J connectivity index is 1.64. The normalized spacial score (nSPS) is 23.5. The molecule has 2 aromatic rings. The highest BCUT2D eigenvalue weighted by Gasteiger charge is 2.37. The minimum Gasteiger partial charge on any atom is -0.370 e. The Hall–Kier alpha value is -2.36. The minimum atomic E-state index is 0.0485. The zero-order valence-electron chi connectivity index (χ0n) is 11.8. The van der Waals surface area contributed by atoms with Gasteiger partial charge in [0, 0.05) is 12.4 Å². The van der Waals surface area contributed by atoms with E-state index in [1.54, 1.807) is 0 Å². The summed E-state index contributed by atoms with van der Waals surface area (Å²) in [5, 5.41) is 3.37. The summed E-state index contributed by atoms with van der Waals surface area (Å²) in [6.45, 7) is 0.794. The third kappa shape index (κ3) is 2.17. The molecule has 4 heteroatoms. The van der Waals surface area contributed by atoms with E-state index in [-0.39, 0.29) is 5.54 Å². The van der Waals surface area contributed by atoms with E-state index < -0.39 is 0 Å². The Labute approximate surface area is 124 Å². The third-order valence-corrected chi connectivity index (χ3v) is 4.55. The molecule has 0 saturated carbocycles. The minimum absolute atomic E-state index is 0.0485. The number of hydrogen-bond acceptors (Lipinski definition) is 4. The first-order chi connectivity index (χ1) is 10.2. The Bertz CT molecular complexity index is 708. The molecule has 21 heavy (non-hydrogen) atoms. The molecule has 1 spiro atoms. The van der Waals surface area contributed by atoms with Gasteiger partial charge in [0.1, 0.15) is 0 Å². The van der Waals surface area contributed by atoms with E-state index in [9.17, 15) is 0 Å². The SMILES string of the molecule is NC1=NCC2(CCc3cc(-c4cccnc4)ccc3C2)N1. The van der Waals surface area contributed by atoms with Crippen molar-refractivity contribution in [1.82, 2.24) is 10.3 Å². The number of nitrogens with two attached hydrogens (primary N) is 1. The molecule has 2 heterocycles. The molecule has 0 saturated heterocycles. The fraction of sp³-hybridized carbons (Fsp3) is 0.294.